The molecule has 0 amide bonds. The number of nitrogens with zero attached hydrogens (tertiary/aromatic N) is 1. The highest BCUT2D eigenvalue weighted by atomic mass is 15.5. The van der Waals surface area contributed by atoms with Crippen LogP contribution in [0, 0.1) is 6.92 Å². The SMILES string of the molecule is C1CCCC1.Cc1ccc(C2NN[C@@H](C)N2)nc1. The zero-order valence-corrected chi connectivity index (χ0v) is 11.4. The van der Waals surface area contributed by atoms with Gasteiger partial charge in [0.1, 0.15) is 6.17 Å². The first-order chi connectivity index (χ1) is 8.75. The molecule has 2 fully saturated rings. The summed E-state index contributed by atoms with van der Waals surface area (Å²) in [5.41, 5.74) is 8.40. The van der Waals surface area contributed by atoms with Crippen LogP contribution in [-0.4, -0.2) is 11.1 Å². The van der Waals surface area contributed by atoms with Crippen molar-refractivity contribution in [2.45, 2.75) is 58.3 Å². The Kier molecular flexibility index (Phi) is 5.11. The third-order valence-corrected chi connectivity index (χ3v) is 3.34. The van der Waals surface area contributed by atoms with E-state index in [0.29, 0.717) is 0 Å². The van der Waals surface area contributed by atoms with E-state index in [1.54, 1.807) is 0 Å². The van der Waals surface area contributed by atoms with Gasteiger partial charge in [-0.25, -0.2) is 10.9 Å². The molecule has 18 heavy (non-hydrogen) atoms. The lowest BCUT2D eigenvalue weighted by atomic mass is 10.2. The van der Waals surface area contributed by atoms with Crippen LogP contribution < -0.4 is 16.2 Å². The third-order valence-electron chi connectivity index (χ3n) is 3.34. The van der Waals surface area contributed by atoms with Crippen LogP contribution in [0.4, 0.5) is 0 Å². The zero-order valence-electron chi connectivity index (χ0n) is 11.4. The molecular weight excluding hydrogens is 224 g/mol. The summed E-state index contributed by atoms with van der Waals surface area (Å²) in [4.78, 5) is 4.33. The number of hydrogen-bond donors (Lipinski definition) is 3. The quantitative estimate of drug-likeness (QED) is 0.714. The molecule has 4 nitrogen and oxygen atoms in total. The Balaban J connectivity index is 0.000000202. The summed E-state index contributed by atoms with van der Waals surface area (Å²) in [6.45, 7) is 4.09. The Morgan fingerprint density at radius 3 is 2.17 bits per heavy atom. The maximum atomic E-state index is 4.33. The number of hydrazine groups is 1. The minimum atomic E-state index is 0.121. The lowest BCUT2D eigenvalue weighted by Gasteiger charge is -2.09. The van der Waals surface area contributed by atoms with Crippen LogP contribution in [0.15, 0.2) is 18.3 Å². The van der Waals surface area contributed by atoms with E-state index < -0.39 is 0 Å². The minimum Gasteiger partial charge on any atom is -0.280 e. The Morgan fingerprint density at radius 2 is 1.72 bits per heavy atom. The summed E-state index contributed by atoms with van der Waals surface area (Å²) in [5, 5.41) is 3.30. The van der Waals surface area contributed by atoms with Gasteiger partial charge in [0.15, 0.2) is 0 Å². The van der Waals surface area contributed by atoms with Crippen molar-refractivity contribution in [1.29, 1.82) is 0 Å². The first-order valence-electron chi connectivity index (χ1n) is 6.95. The van der Waals surface area contributed by atoms with Crippen LogP contribution in [0.2, 0.25) is 0 Å². The van der Waals surface area contributed by atoms with E-state index in [1.165, 1.54) is 37.7 Å². The van der Waals surface area contributed by atoms with Crippen molar-refractivity contribution in [3.05, 3.63) is 29.6 Å². The average Bonchev–Trinajstić information content (AvgIpc) is 3.04. The van der Waals surface area contributed by atoms with Gasteiger partial charge in [0.05, 0.1) is 11.9 Å². The summed E-state index contributed by atoms with van der Waals surface area (Å²) in [6.07, 6.45) is 9.78. The lowest BCUT2D eigenvalue weighted by Crippen LogP contribution is -2.30. The van der Waals surface area contributed by atoms with Crippen LogP contribution in [0.25, 0.3) is 0 Å². The van der Waals surface area contributed by atoms with E-state index in [9.17, 15) is 0 Å². The largest absolute Gasteiger partial charge is 0.280 e. The van der Waals surface area contributed by atoms with Crippen LogP contribution in [-0.2, 0) is 0 Å². The Bertz CT molecular complexity index is 338. The zero-order chi connectivity index (χ0) is 12.8. The van der Waals surface area contributed by atoms with Gasteiger partial charge in [-0.1, -0.05) is 38.2 Å². The summed E-state index contributed by atoms with van der Waals surface area (Å²) in [7, 11) is 0. The summed E-state index contributed by atoms with van der Waals surface area (Å²) < 4.78 is 0. The second kappa shape index (κ2) is 6.83. The first kappa shape index (κ1) is 13.5. The highest BCUT2D eigenvalue weighted by Crippen LogP contribution is 2.15. The summed E-state index contributed by atoms with van der Waals surface area (Å²) in [5.74, 6) is 0. The highest BCUT2D eigenvalue weighted by molar-refractivity contribution is 5.15. The van der Waals surface area contributed by atoms with Gasteiger partial charge in [-0.05, 0) is 25.5 Å². The topological polar surface area (TPSA) is 49.0 Å². The van der Waals surface area contributed by atoms with Gasteiger partial charge in [-0.15, -0.1) is 0 Å². The van der Waals surface area contributed by atoms with Crippen molar-refractivity contribution in [1.82, 2.24) is 21.2 Å². The molecule has 4 heteroatoms. The Labute approximate surface area is 110 Å². The Morgan fingerprint density at radius 1 is 1.06 bits per heavy atom. The molecule has 2 aliphatic rings. The predicted molar refractivity (Wildman–Crippen MR) is 73.7 cm³/mol. The van der Waals surface area contributed by atoms with Crippen LogP contribution in [0.5, 0.6) is 0 Å². The molecule has 1 aromatic rings. The molecule has 0 radical (unpaired) electrons. The van der Waals surface area contributed by atoms with Gasteiger partial charge in [0.25, 0.3) is 0 Å². The maximum Gasteiger partial charge on any atom is 0.115 e. The fourth-order valence-electron chi connectivity index (χ4n) is 2.23. The molecule has 3 rings (SSSR count). The summed E-state index contributed by atoms with van der Waals surface area (Å²) >= 11 is 0. The molecule has 100 valence electrons. The number of hydrogen-bond acceptors (Lipinski definition) is 4. The van der Waals surface area contributed by atoms with Gasteiger partial charge in [0, 0.05) is 6.20 Å². The molecule has 2 heterocycles. The smallest absolute Gasteiger partial charge is 0.115 e. The van der Waals surface area contributed by atoms with Crippen molar-refractivity contribution in [2.75, 3.05) is 0 Å². The lowest BCUT2D eigenvalue weighted by molar-refractivity contribution is 0.540. The minimum absolute atomic E-state index is 0.121. The van der Waals surface area contributed by atoms with Gasteiger partial charge in [-0.2, -0.15) is 0 Å². The van der Waals surface area contributed by atoms with Crippen LogP contribution >= 0.6 is 0 Å². The number of aromatic nitrogens is 1. The van der Waals surface area contributed by atoms with Gasteiger partial charge >= 0.3 is 0 Å². The number of pyridine rings is 1. The van der Waals surface area contributed by atoms with E-state index in [1.807, 2.05) is 19.2 Å². The first-order valence-corrected chi connectivity index (χ1v) is 6.95. The van der Waals surface area contributed by atoms with Crippen molar-refractivity contribution >= 4 is 0 Å². The fourth-order valence-corrected chi connectivity index (χ4v) is 2.23. The van der Waals surface area contributed by atoms with Crippen molar-refractivity contribution < 1.29 is 0 Å². The fraction of sp³-hybridized carbons (Fsp3) is 0.643. The molecule has 3 N–H and O–H groups in total. The van der Waals surface area contributed by atoms with Crippen LogP contribution in [0.3, 0.4) is 0 Å². The standard InChI is InChI=1S/C9H14N4.C5H10/c1-6-3-4-8(10-5-6)9-11-7(2)12-13-9;1-2-4-5-3-1/h3-5,7,9,11-13H,1-2H3;1-5H2/t7-,9?;/m0./s1. The Hall–Kier alpha value is -0.970. The average molecular weight is 248 g/mol. The molecule has 1 aliphatic carbocycles. The van der Waals surface area contributed by atoms with Crippen molar-refractivity contribution in [2.24, 2.45) is 0 Å². The van der Waals surface area contributed by atoms with E-state index in [2.05, 4.69) is 34.1 Å². The van der Waals surface area contributed by atoms with E-state index in [4.69, 9.17) is 0 Å². The number of nitrogens with one attached hydrogen (secondary N) is 3. The highest BCUT2D eigenvalue weighted by Gasteiger charge is 2.20. The molecule has 0 spiro atoms. The van der Waals surface area contributed by atoms with Gasteiger partial charge in [-0.3, -0.25) is 10.3 Å². The molecule has 0 bridgehead atoms. The third kappa shape index (κ3) is 4.05. The molecule has 0 aromatic carbocycles. The molecule has 1 unspecified atom stereocenters. The molecular formula is C14H24N4. The van der Waals surface area contributed by atoms with E-state index in [0.717, 1.165) is 5.69 Å². The van der Waals surface area contributed by atoms with Gasteiger partial charge < -0.3 is 0 Å². The number of aryl methyl sites for hydroxylation is 1. The predicted octanol–water partition coefficient (Wildman–Crippen LogP) is 2.38. The summed E-state index contributed by atoms with van der Waals surface area (Å²) in [6, 6.07) is 4.09. The molecule has 2 atom stereocenters. The van der Waals surface area contributed by atoms with Crippen LogP contribution in [0.1, 0.15) is 56.5 Å². The van der Waals surface area contributed by atoms with Crippen molar-refractivity contribution in [3.63, 3.8) is 0 Å². The van der Waals surface area contributed by atoms with Crippen molar-refractivity contribution in [3.8, 4) is 0 Å². The van der Waals surface area contributed by atoms with E-state index in [-0.39, 0.29) is 12.3 Å². The molecule has 1 saturated heterocycles. The second-order valence-corrected chi connectivity index (χ2v) is 5.14. The van der Waals surface area contributed by atoms with Gasteiger partial charge in [0.2, 0.25) is 0 Å². The molecule has 1 saturated carbocycles. The second-order valence-electron chi connectivity index (χ2n) is 5.14. The molecule has 1 aromatic heterocycles. The number of rotatable bonds is 1. The maximum absolute atomic E-state index is 4.33. The normalized spacial score (nSPS) is 26.8. The monoisotopic (exact) mass is 248 g/mol. The van der Waals surface area contributed by atoms with E-state index >= 15 is 0 Å². The molecule has 1 aliphatic heterocycles.